The van der Waals surface area contributed by atoms with Gasteiger partial charge in [-0.25, -0.2) is 9.97 Å². The Hall–Kier alpha value is -3.11. The number of aliphatic hydroxyl groups is 1. The van der Waals surface area contributed by atoms with Gasteiger partial charge in [0.2, 0.25) is 0 Å². The molecule has 1 aliphatic carbocycles. The van der Waals surface area contributed by atoms with Crippen LogP contribution in [-0.4, -0.2) is 57.8 Å². The second kappa shape index (κ2) is 14.0. The highest BCUT2D eigenvalue weighted by atomic mass is 32.2. The molecule has 0 unspecified atom stereocenters. The number of anilines is 4. The van der Waals surface area contributed by atoms with E-state index >= 15 is 0 Å². The van der Waals surface area contributed by atoms with E-state index in [0.29, 0.717) is 11.1 Å². The van der Waals surface area contributed by atoms with Gasteiger partial charge >= 0.3 is 0 Å². The van der Waals surface area contributed by atoms with E-state index < -0.39 is 0 Å². The highest BCUT2D eigenvalue weighted by molar-refractivity contribution is 7.99. The zero-order chi connectivity index (χ0) is 26.8. The summed E-state index contributed by atoms with van der Waals surface area (Å²) in [4.78, 5) is 22.5. The van der Waals surface area contributed by atoms with Crippen molar-refractivity contribution in [2.45, 2.75) is 69.5 Å². The molecule has 9 nitrogen and oxygen atoms in total. The molecule has 1 aromatic carbocycles. The summed E-state index contributed by atoms with van der Waals surface area (Å²) in [6, 6.07) is 10.1. The van der Waals surface area contributed by atoms with E-state index in [1.54, 1.807) is 0 Å². The van der Waals surface area contributed by atoms with Crippen LogP contribution in [0.25, 0.3) is 0 Å². The average Bonchev–Trinajstić information content (AvgIpc) is 3.69. The van der Waals surface area contributed by atoms with Crippen molar-refractivity contribution in [1.29, 1.82) is 0 Å². The number of aryl methyl sites for hydroxylation is 1. The van der Waals surface area contributed by atoms with E-state index in [2.05, 4.69) is 37.9 Å². The highest BCUT2D eigenvalue weighted by Gasteiger charge is 2.23. The van der Waals surface area contributed by atoms with Gasteiger partial charge in [-0.3, -0.25) is 5.10 Å². The molecule has 0 spiro atoms. The molecule has 0 amide bonds. The van der Waals surface area contributed by atoms with Crippen LogP contribution in [0.1, 0.15) is 50.8 Å². The van der Waals surface area contributed by atoms with Gasteiger partial charge < -0.3 is 25.4 Å². The molecule has 0 atom stereocenters. The van der Waals surface area contributed by atoms with Crippen LogP contribution >= 0.6 is 11.8 Å². The second-order valence-corrected chi connectivity index (χ2v) is 9.97. The molecule has 3 heterocycles. The molecule has 1 aliphatic heterocycles. The van der Waals surface area contributed by atoms with Gasteiger partial charge in [-0.1, -0.05) is 13.8 Å². The van der Waals surface area contributed by atoms with Crippen molar-refractivity contribution in [3.63, 3.8) is 0 Å². The van der Waals surface area contributed by atoms with Crippen LogP contribution in [-0.2, 0) is 4.79 Å². The van der Waals surface area contributed by atoms with Crippen molar-refractivity contribution >= 4 is 41.2 Å². The predicted octanol–water partition coefficient (Wildman–Crippen LogP) is 5.34. The van der Waals surface area contributed by atoms with Gasteiger partial charge in [0, 0.05) is 54.0 Å². The number of hydrogen-bond donors (Lipinski definition) is 4. The van der Waals surface area contributed by atoms with E-state index in [1.807, 2.05) is 52.9 Å². The molecule has 200 valence electrons. The van der Waals surface area contributed by atoms with Gasteiger partial charge in [0.25, 0.3) is 0 Å². The topological polar surface area (TPSA) is 119 Å². The van der Waals surface area contributed by atoms with E-state index in [9.17, 15) is 9.90 Å². The number of benzene rings is 1. The summed E-state index contributed by atoms with van der Waals surface area (Å²) in [7, 11) is 1.90. The number of aliphatic hydroxyl groups excluding tert-OH is 1. The summed E-state index contributed by atoms with van der Waals surface area (Å²) in [5.74, 6) is 2.83. The molecule has 4 N–H and O–H groups in total. The molecule has 3 aromatic rings. The third kappa shape index (κ3) is 8.46. The molecule has 10 heteroatoms. The number of rotatable bonds is 7. The molecule has 1 saturated heterocycles. The van der Waals surface area contributed by atoms with Crippen molar-refractivity contribution < 1.29 is 9.90 Å². The van der Waals surface area contributed by atoms with Crippen molar-refractivity contribution in [2.24, 2.45) is 5.92 Å². The molecule has 0 bridgehead atoms. The number of aromatic amines is 1. The lowest BCUT2D eigenvalue weighted by Gasteiger charge is -2.32. The third-order valence-corrected chi connectivity index (χ3v) is 6.86. The zero-order valence-electron chi connectivity index (χ0n) is 22.4. The summed E-state index contributed by atoms with van der Waals surface area (Å²) in [6.45, 7) is 9.55. The van der Waals surface area contributed by atoms with Crippen molar-refractivity contribution in [3.8, 4) is 0 Å². The van der Waals surface area contributed by atoms with Gasteiger partial charge in [0.15, 0.2) is 11.0 Å². The maximum Gasteiger partial charge on any atom is 0.196 e. The standard InChI is InChI=1S/C21H27N7OS.C4H6O.C2H6/c1-13-12-18(27-26-13)23-19-14(2)20(28-10-8-16(29)9-11-28)25-21(24-19)30-17-6-4-15(22-3)5-7-17;5-3-4-1-2-4;1-2/h4-7,12,16,22,29H,8-11H2,1-3H3,(H2,23,24,25,26,27);3-4H,1-2H2;1-2H3. The number of carbonyl (C=O) groups is 1. The smallest absolute Gasteiger partial charge is 0.196 e. The first-order valence-electron chi connectivity index (χ1n) is 13.0. The number of H-pyrrole nitrogens is 1. The Morgan fingerprint density at radius 3 is 2.27 bits per heavy atom. The molecule has 2 aromatic heterocycles. The molecule has 5 rings (SSSR count). The molecule has 2 aliphatic rings. The quantitative estimate of drug-likeness (QED) is 0.239. The lowest BCUT2D eigenvalue weighted by Crippen LogP contribution is -2.37. The Labute approximate surface area is 223 Å². The maximum atomic E-state index is 9.89. The van der Waals surface area contributed by atoms with Crippen LogP contribution < -0.4 is 15.5 Å². The monoisotopic (exact) mass is 525 g/mol. The number of carbonyl (C=O) groups excluding carboxylic acids is 1. The summed E-state index contributed by atoms with van der Waals surface area (Å²) in [6.07, 6.45) is 4.58. The fourth-order valence-corrected chi connectivity index (χ4v) is 4.42. The van der Waals surface area contributed by atoms with E-state index in [0.717, 1.165) is 84.4 Å². The van der Waals surface area contributed by atoms with Gasteiger partial charge in [0.1, 0.15) is 17.9 Å². The van der Waals surface area contributed by atoms with Crippen LogP contribution in [0.5, 0.6) is 0 Å². The number of aldehydes is 1. The fraction of sp³-hybridized carbons (Fsp3) is 0.481. The van der Waals surface area contributed by atoms with Gasteiger partial charge in [-0.2, -0.15) is 5.10 Å². The maximum absolute atomic E-state index is 9.89. The fourth-order valence-electron chi connectivity index (χ4n) is 3.67. The first-order valence-corrected chi connectivity index (χ1v) is 13.8. The lowest BCUT2D eigenvalue weighted by molar-refractivity contribution is -0.108. The van der Waals surface area contributed by atoms with Crippen LogP contribution in [0, 0.1) is 19.8 Å². The summed E-state index contributed by atoms with van der Waals surface area (Å²) < 4.78 is 0. The van der Waals surface area contributed by atoms with Gasteiger partial charge in [-0.15, -0.1) is 0 Å². The summed E-state index contributed by atoms with van der Waals surface area (Å²) >= 11 is 1.53. The summed E-state index contributed by atoms with van der Waals surface area (Å²) in [5, 5.41) is 24.3. The van der Waals surface area contributed by atoms with Crippen LogP contribution in [0.4, 0.5) is 23.1 Å². The Morgan fingerprint density at radius 1 is 1.08 bits per heavy atom. The zero-order valence-corrected chi connectivity index (χ0v) is 23.2. The largest absolute Gasteiger partial charge is 0.393 e. The molecule has 2 fully saturated rings. The number of nitrogens with one attached hydrogen (secondary N) is 3. The molecule has 37 heavy (non-hydrogen) atoms. The minimum absolute atomic E-state index is 0.229. The predicted molar refractivity (Wildman–Crippen MR) is 151 cm³/mol. The third-order valence-electron chi connectivity index (χ3n) is 5.98. The summed E-state index contributed by atoms with van der Waals surface area (Å²) in [5.41, 5.74) is 3.02. The van der Waals surface area contributed by atoms with Crippen LogP contribution in [0.3, 0.4) is 0 Å². The average molecular weight is 526 g/mol. The Balaban J connectivity index is 0.000000478. The number of hydrogen-bond acceptors (Lipinski definition) is 9. The first-order chi connectivity index (χ1) is 17.9. The van der Waals surface area contributed by atoms with E-state index in [1.165, 1.54) is 11.8 Å². The molecule has 0 radical (unpaired) electrons. The number of aromatic nitrogens is 4. The van der Waals surface area contributed by atoms with Crippen molar-refractivity contribution in [2.75, 3.05) is 35.7 Å². The van der Waals surface area contributed by atoms with E-state index in [-0.39, 0.29) is 6.10 Å². The minimum Gasteiger partial charge on any atom is -0.393 e. The number of piperidine rings is 1. The van der Waals surface area contributed by atoms with Crippen LogP contribution in [0.2, 0.25) is 0 Å². The number of nitrogens with zero attached hydrogens (tertiary/aromatic N) is 4. The molecular formula is C27H39N7O2S. The SMILES string of the molecule is CC.CNc1ccc(Sc2nc(Nc3cc(C)[nH]n3)c(C)c(N3CCC(O)CC3)n2)cc1.O=CC1CC1. The second-order valence-electron chi connectivity index (χ2n) is 8.93. The van der Waals surface area contributed by atoms with E-state index in [4.69, 9.17) is 9.97 Å². The first kappa shape index (κ1) is 28.5. The Morgan fingerprint density at radius 2 is 1.76 bits per heavy atom. The van der Waals surface area contributed by atoms with Crippen molar-refractivity contribution in [1.82, 2.24) is 20.2 Å². The van der Waals surface area contributed by atoms with Gasteiger partial charge in [0.05, 0.1) is 6.10 Å². The Bertz CT molecular complexity index is 1120. The Kier molecular flexibility index (Phi) is 10.8. The van der Waals surface area contributed by atoms with Crippen LogP contribution in [0.15, 0.2) is 40.4 Å². The molecular weight excluding hydrogens is 486 g/mol. The highest BCUT2D eigenvalue weighted by Crippen LogP contribution is 2.33. The lowest BCUT2D eigenvalue weighted by atomic mass is 10.1. The minimum atomic E-state index is -0.229. The van der Waals surface area contributed by atoms with Gasteiger partial charge in [-0.05, 0) is 75.6 Å². The van der Waals surface area contributed by atoms with Crippen molar-refractivity contribution in [3.05, 3.63) is 41.6 Å². The molecule has 1 saturated carbocycles. The normalized spacial score (nSPS) is 15.1.